The molecule has 0 saturated heterocycles. The van der Waals surface area contributed by atoms with Crippen LogP contribution in [0.3, 0.4) is 0 Å². The molecule has 3 aromatic rings. The first-order chi connectivity index (χ1) is 8.75. The number of para-hydroxylation sites is 2. The lowest BCUT2D eigenvalue weighted by molar-refractivity contribution is 0.489. The Labute approximate surface area is 105 Å². The van der Waals surface area contributed by atoms with Crippen molar-refractivity contribution in [2.24, 2.45) is 7.05 Å². The van der Waals surface area contributed by atoms with Gasteiger partial charge in [0.2, 0.25) is 5.95 Å². The molecule has 3 rings (SSSR count). The highest BCUT2D eigenvalue weighted by atomic mass is 16.3. The van der Waals surface area contributed by atoms with Crippen LogP contribution >= 0.6 is 0 Å². The molecule has 0 radical (unpaired) electrons. The summed E-state index contributed by atoms with van der Waals surface area (Å²) in [5.74, 6) is 1.75. The van der Waals surface area contributed by atoms with Crippen LogP contribution < -0.4 is 5.32 Å². The van der Waals surface area contributed by atoms with Gasteiger partial charge in [-0.3, -0.25) is 0 Å². The Kier molecular flexibility index (Phi) is 2.55. The number of aromatic nitrogens is 2. The van der Waals surface area contributed by atoms with Crippen molar-refractivity contribution in [3.63, 3.8) is 0 Å². The van der Waals surface area contributed by atoms with Gasteiger partial charge >= 0.3 is 0 Å². The largest absolute Gasteiger partial charge is 0.467 e. The van der Waals surface area contributed by atoms with Gasteiger partial charge in [-0.05, 0) is 31.2 Å². The molecule has 0 spiro atoms. The van der Waals surface area contributed by atoms with Gasteiger partial charge in [-0.2, -0.15) is 0 Å². The maximum atomic E-state index is 5.38. The van der Waals surface area contributed by atoms with Gasteiger partial charge in [0, 0.05) is 7.05 Å². The van der Waals surface area contributed by atoms with E-state index >= 15 is 0 Å². The minimum absolute atomic E-state index is 0.0931. The van der Waals surface area contributed by atoms with E-state index in [-0.39, 0.29) is 6.04 Å². The summed E-state index contributed by atoms with van der Waals surface area (Å²) in [5.41, 5.74) is 2.11. The van der Waals surface area contributed by atoms with Gasteiger partial charge in [0.05, 0.1) is 23.3 Å². The van der Waals surface area contributed by atoms with E-state index in [0.29, 0.717) is 0 Å². The molecule has 0 bridgehead atoms. The Morgan fingerprint density at radius 3 is 2.78 bits per heavy atom. The summed E-state index contributed by atoms with van der Waals surface area (Å²) < 4.78 is 7.43. The standard InChI is InChI=1S/C14H15N3O/c1-10(13-8-5-9-18-13)15-14-16-11-6-3-4-7-12(11)17(14)2/h3-10H,1-2H3,(H,15,16). The third-order valence-electron chi connectivity index (χ3n) is 3.10. The molecule has 2 heterocycles. The predicted octanol–water partition coefficient (Wildman–Crippen LogP) is 3.34. The Morgan fingerprint density at radius 2 is 2.06 bits per heavy atom. The Balaban J connectivity index is 1.93. The lowest BCUT2D eigenvalue weighted by Crippen LogP contribution is -2.09. The van der Waals surface area contributed by atoms with Crippen LogP contribution in [-0.4, -0.2) is 9.55 Å². The number of fused-ring (bicyclic) bond motifs is 1. The monoisotopic (exact) mass is 241 g/mol. The summed E-state index contributed by atoms with van der Waals surface area (Å²) in [6.07, 6.45) is 1.68. The highest BCUT2D eigenvalue weighted by Gasteiger charge is 2.12. The van der Waals surface area contributed by atoms with E-state index in [1.54, 1.807) is 6.26 Å². The molecule has 0 aliphatic carbocycles. The Morgan fingerprint density at radius 1 is 1.22 bits per heavy atom. The van der Waals surface area contributed by atoms with Crippen LogP contribution in [0.5, 0.6) is 0 Å². The molecule has 2 aromatic heterocycles. The van der Waals surface area contributed by atoms with Crippen LogP contribution in [0.15, 0.2) is 47.1 Å². The molecular weight excluding hydrogens is 226 g/mol. The van der Waals surface area contributed by atoms with Crippen molar-refractivity contribution >= 4 is 17.0 Å². The molecule has 0 aliphatic rings. The van der Waals surface area contributed by atoms with Crippen LogP contribution in [0.1, 0.15) is 18.7 Å². The highest BCUT2D eigenvalue weighted by molar-refractivity contribution is 5.78. The van der Waals surface area contributed by atoms with Crippen LogP contribution in [0.2, 0.25) is 0 Å². The molecular formula is C14H15N3O. The second-order valence-corrected chi connectivity index (χ2v) is 4.36. The molecule has 0 fully saturated rings. The minimum Gasteiger partial charge on any atom is -0.467 e. The first kappa shape index (κ1) is 10.9. The van der Waals surface area contributed by atoms with Crippen LogP contribution in [0.4, 0.5) is 5.95 Å². The van der Waals surface area contributed by atoms with E-state index < -0.39 is 0 Å². The van der Waals surface area contributed by atoms with E-state index in [4.69, 9.17) is 4.42 Å². The van der Waals surface area contributed by atoms with E-state index in [2.05, 4.69) is 27.9 Å². The number of hydrogen-bond donors (Lipinski definition) is 1. The van der Waals surface area contributed by atoms with Crippen molar-refractivity contribution in [2.45, 2.75) is 13.0 Å². The lowest BCUT2D eigenvalue weighted by Gasteiger charge is -2.12. The van der Waals surface area contributed by atoms with Crippen LogP contribution in [0.25, 0.3) is 11.0 Å². The molecule has 1 N–H and O–H groups in total. The summed E-state index contributed by atoms with van der Waals surface area (Å²) in [6.45, 7) is 2.05. The van der Waals surface area contributed by atoms with Crippen LogP contribution in [0, 0.1) is 0 Å². The van der Waals surface area contributed by atoms with Gasteiger partial charge in [-0.1, -0.05) is 12.1 Å². The summed E-state index contributed by atoms with van der Waals surface area (Å²) in [7, 11) is 2.01. The lowest BCUT2D eigenvalue weighted by atomic mass is 10.2. The fourth-order valence-corrected chi connectivity index (χ4v) is 2.08. The topological polar surface area (TPSA) is 43.0 Å². The molecule has 0 saturated carbocycles. The number of furan rings is 1. The third-order valence-corrected chi connectivity index (χ3v) is 3.10. The molecule has 4 nitrogen and oxygen atoms in total. The fourth-order valence-electron chi connectivity index (χ4n) is 2.08. The van der Waals surface area contributed by atoms with Gasteiger partial charge in [0.15, 0.2) is 0 Å². The summed E-state index contributed by atoms with van der Waals surface area (Å²) >= 11 is 0. The first-order valence-electron chi connectivity index (χ1n) is 5.97. The molecule has 0 amide bonds. The number of nitrogens with zero attached hydrogens (tertiary/aromatic N) is 2. The smallest absolute Gasteiger partial charge is 0.204 e. The summed E-state index contributed by atoms with van der Waals surface area (Å²) in [6, 6.07) is 12.0. The SMILES string of the molecule is CC(Nc1nc2ccccc2n1C)c1ccco1. The van der Waals surface area contributed by atoms with Gasteiger partial charge < -0.3 is 14.3 Å². The first-order valence-corrected chi connectivity index (χ1v) is 5.97. The van der Waals surface area contributed by atoms with Crippen molar-refractivity contribution in [1.82, 2.24) is 9.55 Å². The van der Waals surface area contributed by atoms with Gasteiger partial charge in [-0.15, -0.1) is 0 Å². The van der Waals surface area contributed by atoms with Crippen molar-refractivity contribution in [2.75, 3.05) is 5.32 Å². The molecule has 1 aromatic carbocycles. The summed E-state index contributed by atoms with van der Waals surface area (Å²) in [5, 5.41) is 3.36. The maximum absolute atomic E-state index is 5.38. The zero-order valence-electron chi connectivity index (χ0n) is 10.4. The molecule has 0 aliphatic heterocycles. The zero-order valence-corrected chi connectivity index (χ0v) is 10.4. The zero-order chi connectivity index (χ0) is 12.5. The minimum atomic E-state index is 0.0931. The molecule has 18 heavy (non-hydrogen) atoms. The van der Waals surface area contributed by atoms with E-state index in [0.717, 1.165) is 22.7 Å². The number of rotatable bonds is 3. The Hall–Kier alpha value is -2.23. The quantitative estimate of drug-likeness (QED) is 0.764. The predicted molar refractivity (Wildman–Crippen MR) is 71.5 cm³/mol. The number of nitrogens with one attached hydrogen (secondary N) is 1. The van der Waals surface area contributed by atoms with E-state index in [1.807, 2.05) is 37.4 Å². The van der Waals surface area contributed by atoms with Crippen molar-refractivity contribution < 1.29 is 4.42 Å². The number of anilines is 1. The van der Waals surface area contributed by atoms with Crippen LogP contribution in [-0.2, 0) is 7.05 Å². The number of aryl methyl sites for hydroxylation is 1. The van der Waals surface area contributed by atoms with E-state index in [9.17, 15) is 0 Å². The van der Waals surface area contributed by atoms with E-state index in [1.165, 1.54) is 0 Å². The fraction of sp³-hybridized carbons (Fsp3) is 0.214. The van der Waals surface area contributed by atoms with Crippen molar-refractivity contribution in [3.05, 3.63) is 48.4 Å². The van der Waals surface area contributed by atoms with Gasteiger partial charge in [0.1, 0.15) is 5.76 Å². The normalized spacial score (nSPS) is 12.8. The third kappa shape index (κ3) is 1.76. The average Bonchev–Trinajstić information content (AvgIpc) is 3.00. The molecule has 1 unspecified atom stereocenters. The number of benzene rings is 1. The van der Waals surface area contributed by atoms with Crippen molar-refractivity contribution in [3.8, 4) is 0 Å². The highest BCUT2D eigenvalue weighted by Crippen LogP contribution is 2.22. The number of imidazole rings is 1. The second-order valence-electron chi connectivity index (χ2n) is 4.36. The molecule has 1 atom stereocenters. The second kappa shape index (κ2) is 4.22. The maximum Gasteiger partial charge on any atom is 0.204 e. The number of hydrogen-bond acceptors (Lipinski definition) is 3. The Bertz CT molecular complexity index is 655. The van der Waals surface area contributed by atoms with Crippen molar-refractivity contribution in [1.29, 1.82) is 0 Å². The van der Waals surface area contributed by atoms with Gasteiger partial charge in [-0.25, -0.2) is 4.98 Å². The van der Waals surface area contributed by atoms with Gasteiger partial charge in [0.25, 0.3) is 0 Å². The average molecular weight is 241 g/mol. The molecule has 4 heteroatoms. The summed E-state index contributed by atoms with van der Waals surface area (Å²) in [4.78, 5) is 4.57. The molecule has 92 valence electrons.